The maximum Gasteiger partial charge on any atom is 0.338 e. The zero-order valence-corrected chi connectivity index (χ0v) is 9.30. The molecular weight excluding hydrogens is 248 g/mol. The first kappa shape index (κ1) is 11.0. The standard InChI is InChI=1S/C9H11BrN2O2/c1-14-9(13)6-3-2-4-8(12-11)7(6)5-10/h2-4,12H,5,11H2,1H3. The van der Waals surface area contributed by atoms with Crippen LogP contribution < -0.4 is 11.3 Å². The summed E-state index contributed by atoms with van der Waals surface area (Å²) in [6.07, 6.45) is 0. The second-order valence-electron chi connectivity index (χ2n) is 2.60. The molecule has 0 fully saturated rings. The van der Waals surface area contributed by atoms with E-state index in [1.165, 1.54) is 7.11 Å². The van der Waals surface area contributed by atoms with Gasteiger partial charge in [0.2, 0.25) is 0 Å². The molecular formula is C9H11BrN2O2. The number of nitrogen functional groups attached to an aromatic ring is 1. The molecule has 0 aliphatic carbocycles. The maximum absolute atomic E-state index is 11.3. The third kappa shape index (κ3) is 2.05. The highest BCUT2D eigenvalue weighted by molar-refractivity contribution is 9.08. The van der Waals surface area contributed by atoms with Gasteiger partial charge in [-0.05, 0) is 12.1 Å². The summed E-state index contributed by atoms with van der Waals surface area (Å²) in [5.41, 5.74) is 4.55. The molecule has 0 spiro atoms. The summed E-state index contributed by atoms with van der Waals surface area (Å²) in [7, 11) is 1.35. The fourth-order valence-electron chi connectivity index (χ4n) is 1.17. The number of hydrogen-bond donors (Lipinski definition) is 2. The van der Waals surface area contributed by atoms with Crippen LogP contribution in [0.15, 0.2) is 18.2 Å². The Morgan fingerprint density at radius 1 is 1.64 bits per heavy atom. The van der Waals surface area contributed by atoms with Crippen molar-refractivity contribution in [3.8, 4) is 0 Å². The van der Waals surface area contributed by atoms with Gasteiger partial charge in [-0.1, -0.05) is 22.0 Å². The molecule has 0 atom stereocenters. The van der Waals surface area contributed by atoms with E-state index >= 15 is 0 Å². The monoisotopic (exact) mass is 258 g/mol. The van der Waals surface area contributed by atoms with Gasteiger partial charge in [0.05, 0.1) is 18.4 Å². The minimum absolute atomic E-state index is 0.364. The van der Waals surface area contributed by atoms with Crippen LogP contribution in [0, 0.1) is 0 Å². The first-order valence-electron chi connectivity index (χ1n) is 3.97. The minimum atomic E-state index is -0.364. The Morgan fingerprint density at radius 2 is 2.36 bits per heavy atom. The van der Waals surface area contributed by atoms with Crippen molar-refractivity contribution < 1.29 is 9.53 Å². The summed E-state index contributed by atoms with van der Waals surface area (Å²) < 4.78 is 4.65. The van der Waals surface area contributed by atoms with Gasteiger partial charge in [-0.3, -0.25) is 5.84 Å². The molecule has 0 amide bonds. The Balaban J connectivity index is 3.21. The van der Waals surface area contributed by atoms with Gasteiger partial charge < -0.3 is 10.2 Å². The van der Waals surface area contributed by atoms with Gasteiger partial charge in [-0.25, -0.2) is 4.79 Å². The normalized spacial score (nSPS) is 9.64. The van der Waals surface area contributed by atoms with E-state index in [0.717, 1.165) is 5.56 Å². The average Bonchev–Trinajstić information content (AvgIpc) is 2.26. The van der Waals surface area contributed by atoms with Gasteiger partial charge >= 0.3 is 5.97 Å². The molecule has 5 heteroatoms. The predicted octanol–water partition coefficient (Wildman–Crippen LogP) is 1.65. The van der Waals surface area contributed by atoms with E-state index in [-0.39, 0.29) is 5.97 Å². The fraction of sp³-hybridized carbons (Fsp3) is 0.222. The number of nitrogens with one attached hydrogen (secondary N) is 1. The molecule has 0 aliphatic heterocycles. The number of carbonyl (C=O) groups excluding carboxylic acids is 1. The highest BCUT2D eigenvalue weighted by atomic mass is 79.9. The van der Waals surface area contributed by atoms with Crippen LogP contribution in [-0.4, -0.2) is 13.1 Å². The highest BCUT2D eigenvalue weighted by Crippen LogP contribution is 2.22. The Hall–Kier alpha value is -1.07. The summed E-state index contributed by atoms with van der Waals surface area (Å²) in [6.45, 7) is 0. The molecule has 1 aromatic rings. The number of carbonyl (C=O) groups is 1. The van der Waals surface area contributed by atoms with Crippen molar-refractivity contribution in [1.29, 1.82) is 0 Å². The molecule has 1 rings (SSSR count). The van der Waals surface area contributed by atoms with Gasteiger partial charge in [0.1, 0.15) is 0 Å². The molecule has 0 unspecified atom stereocenters. The highest BCUT2D eigenvalue weighted by Gasteiger charge is 2.13. The van der Waals surface area contributed by atoms with Crippen LogP contribution >= 0.6 is 15.9 Å². The number of hydrazine groups is 1. The number of methoxy groups -OCH3 is 1. The second kappa shape index (κ2) is 4.97. The Morgan fingerprint density at radius 3 is 2.86 bits per heavy atom. The molecule has 0 aliphatic rings. The van der Waals surface area contributed by atoms with E-state index < -0.39 is 0 Å². The molecule has 3 N–H and O–H groups in total. The van der Waals surface area contributed by atoms with Crippen LogP contribution in [-0.2, 0) is 10.1 Å². The Kier molecular flexibility index (Phi) is 3.91. The number of hydrogen-bond acceptors (Lipinski definition) is 4. The Bertz CT molecular complexity index is 342. The molecule has 1 aromatic carbocycles. The van der Waals surface area contributed by atoms with E-state index in [1.807, 2.05) is 0 Å². The molecule has 0 bridgehead atoms. The van der Waals surface area contributed by atoms with Crippen LogP contribution in [0.3, 0.4) is 0 Å². The topological polar surface area (TPSA) is 64.3 Å². The SMILES string of the molecule is COC(=O)c1cccc(NN)c1CBr. The largest absolute Gasteiger partial charge is 0.465 e. The smallest absolute Gasteiger partial charge is 0.338 e. The quantitative estimate of drug-likeness (QED) is 0.375. The summed E-state index contributed by atoms with van der Waals surface area (Å²) >= 11 is 3.29. The van der Waals surface area contributed by atoms with Crippen LogP contribution in [0.2, 0.25) is 0 Å². The lowest BCUT2D eigenvalue weighted by molar-refractivity contribution is 0.0600. The van der Waals surface area contributed by atoms with Crippen molar-refractivity contribution in [2.24, 2.45) is 5.84 Å². The lowest BCUT2D eigenvalue weighted by atomic mass is 10.1. The molecule has 0 radical (unpaired) electrons. The zero-order chi connectivity index (χ0) is 10.6. The van der Waals surface area contributed by atoms with Gasteiger partial charge in [-0.2, -0.15) is 0 Å². The third-order valence-electron chi connectivity index (χ3n) is 1.87. The van der Waals surface area contributed by atoms with Crippen molar-refractivity contribution in [2.45, 2.75) is 5.33 Å². The summed E-state index contributed by atoms with van der Waals surface area (Å²) in [5, 5.41) is 0.539. The van der Waals surface area contributed by atoms with E-state index in [2.05, 4.69) is 26.1 Å². The summed E-state index contributed by atoms with van der Waals surface area (Å²) in [4.78, 5) is 11.3. The predicted molar refractivity (Wildman–Crippen MR) is 58.2 cm³/mol. The molecule has 0 aromatic heterocycles. The van der Waals surface area contributed by atoms with Crippen molar-refractivity contribution in [1.82, 2.24) is 0 Å². The van der Waals surface area contributed by atoms with Gasteiger partial charge in [-0.15, -0.1) is 0 Å². The molecule has 76 valence electrons. The minimum Gasteiger partial charge on any atom is -0.465 e. The number of halogens is 1. The van der Waals surface area contributed by atoms with E-state index in [4.69, 9.17) is 5.84 Å². The zero-order valence-electron chi connectivity index (χ0n) is 7.71. The average molecular weight is 259 g/mol. The lowest BCUT2D eigenvalue weighted by Gasteiger charge is -2.10. The van der Waals surface area contributed by atoms with E-state index in [0.29, 0.717) is 16.6 Å². The van der Waals surface area contributed by atoms with Gasteiger partial charge in [0, 0.05) is 10.9 Å². The molecule has 0 saturated heterocycles. The third-order valence-corrected chi connectivity index (χ3v) is 2.43. The Labute approximate surface area is 90.5 Å². The van der Waals surface area contributed by atoms with Crippen LogP contribution in [0.4, 0.5) is 5.69 Å². The number of esters is 1. The van der Waals surface area contributed by atoms with Gasteiger partial charge in [0.15, 0.2) is 0 Å². The first-order chi connectivity index (χ1) is 6.74. The molecule has 0 saturated carbocycles. The van der Waals surface area contributed by atoms with Crippen molar-refractivity contribution in [3.05, 3.63) is 29.3 Å². The number of alkyl halides is 1. The lowest BCUT2D eigenvalue weighted by Crippen LogP contribution is -2.12. The molecule has 0 heterocycles. The van der Waals surface area contributed by atoms with Gasteiger partial charge in [0.25, 0.3) is 0 Å². The van der Waals surface area contributed by atoms with Crippen molar-refractivity contribution in [3.63, 3.8) is 0 Å². The molecule has 4 nitrogen and oxygen atoms in total. The summed E-state index contributed by atoms with van der Waals surface area (Å²) in [6, 6.07) is 5.24. The first-order valence-corrected chi connectivity index (χ1v) is 5.09. The van der Waals surface area contributed by atoms with Crippen LogP contribution in [0.1, 0.15) is 15.9 Å². The van der Waals surface area contributed by atoms with Crippen LogP contribution in [0.25, 0.3) is 0 Å². The summed E-state index contributed by atoms with van der Waals surface area (Å²) in [5.74, 6) is 4.95. The van der Waals surface area contributed by atoms with Crippen molar-refractivity contribution >= 4 is 27.6 Å². The number of benzene rings is 1. The molecule has 14 heavy (non-hydrogen) atoms. The van der Waals surface area contributed by atoms with E-state index in [9.17, 15) is 4.79 Å². The number of ether oxygens (including phenoxy) is 1. The number of rotatable bonds is 3. The number of nitrogens with two attached hydrogens (primary N) is 1. The maximum atomic E-state index is 11.3. The van der Waals surface area contributed by atoms with Crippen LogP contribution in [0.5, 0.6) is 0 Å². The van der Waals surface area contributed by atoms with E-state index in [1.54, 1.807) is 18.2 Å². The van der Waals surface area contributed by atoms with Crippen molar-refractivity contribution in [2.75, 3.05) is 12.5 Å². The number of anilines is 1. The fourth-order valence-corrected chi connectivity index (χ4v) is 1.77. The second-order valence-corrected chi connectivity index (χ2v) is 3.16.